The van der Waals surface area contributed by atoms with Gasteiger partial charge in [0.1, 0.15) is 11.6 Å². The second-order valence-corrected chi connectivity index (χ2v) is 5.32. The van der Waals surface area contributed by atoms with Gasteiger partial charge in [0.2, 0.25) is 0 Å². The minimum atomic E-state index is -0.457. The Morgan fingerprint density at radius 2 is 2.04 bits per heavy atom. The third-order valence-corrected chi connectivity index (χ3v) is 3.55. The van der Waals surface area contributed by atoms with Gasteiger partial charge in [0, 0.05) is 11.5 Å². The predicted molar refractivity (Wildman–Crippen MR) is 85.8 cm³/mol. The van der Waals surface area contributed by atoms with Gasteiger partial charge in [0.15, 0.2) is 5.82 Å². The van der Waals surface area contributed by atoms with E-state index >= 15 is 0 Å². The standard InChI is InChI=1S/C17H16FN3O2/c1-11(10-23-13-5-3-2-4-6-13)17(22)21-15-9-12(18)7-8-14(15)16(19)20-21/h2-9,11H,10H2,1H3,(H2,19,20)/t11-/m0/s1. The number of rotatable bonds is 4. The molecule has 5 nitrogen and oxygen atoms in total. The fourth-order valence-electron chi connectivity index (χ4n) is 2.30. The summed E-state index contributed by atoms with van der Waals surface area (Å²) in [6.07, 6.45) is 0. The minimum absolute atomic E-state index is 0.194. The Morgan fingerprint density at radius 1 is 1.30 bits per heavy atom. The highest BCUT2D eigenvalue weighted by Crippen LogP contribution is 2.22. The van der Waals surface area contributed by atoms with Crippen LogP contribution in [0.25, 0.3) is 10.9 Å². The summed E-state index contributed by atoms with van der Waals surface area (Å²) < 4.78 is 20.2. The van der Waals surface area contributed by atoms with Crippen LogP contribution in [-0.4, -0.2) is 22.3 Å². The van der Waals surface area contributed by atoms with Crippen LogP contribution in [0.15, 0.2) is 48.5 Å². The summed E-state index contributed by atoms with van der Waals surface area (Å²) in [5.41, 5.74) is 6.15. The molecule has 0 saturated heterocycles. The topological polar surface area (TPSA) is 70.1 Å². The van der Waals surface area contributed by atoms with E-state index < -0.39 is 11.7 Å². The number of halogens is 1. The van der Waals surface area contributed by atoms with Gasteiger partial charge >= 0.3 is 0 Å². The third kappa shape index (κ3) is 3.01. The maximum Gasteiger partial charge on any atom is 0.253 e. The molecular weight excluding hydrogens is 297 g/mol. The zero-order valence-electron chi connectivity index (χ0n) is 12.6. The van der Waals surface area contributed by atoms with E-state index in [0.29, 0.717) is 16.7 Å². The monoisotopic (exact) mass is 313 g/mol. The van der Waals surface area contributed by atoms with E-state index in [4.69, 9.17) is 10.5 Å². The van der Waals surface area contributed by atoms with Crippen LogP contribution >= 0.6 is 0 Å². The van der Waals surface area contributed by atoms with Crippen molar-refractivity contribution in [2.45, 2.75) is 6.92 Å². The van der Waals surface area contributed by atoms with E-state index in [9.17, 15) is 9.18 Å². The molecule has 2 N–H and O–H groups in total. The smallest absolute Gasteiger partial charge is 0.253 e. The number of fused-ring (bicyclic) bond motifs is 1. The molecule has 118 valence electrons. The summed E-state index contributed by atoms with van der Waals surface area (Å²) in [7, 11) is 0. The molecular formula is C17H16FN3O2. The van der Waals surface area contributed by atoms with Crippen molar-refractivity contribution in [1.82, 2.24) is 9.78 Å². The van der Waals surface area contributed by atoms with Crippen LogP contribution in [0.4, 0.5) is 10.2 Å². The number of para-hydroxylation sites is 1. The van der Waals surface area contributed by atoms with Gasteiger partial charge in [-0.15, -0.1) is 5.10 Å². The zero-order valence-corrected chi connectivity index (χ0v) is 12.6. The number of benzene rings is 2. The van der Waals surface area contributed by atoms with Gasteiger partial charge < -0.3 is 10.5 Å². The largest absolute Gasteiger partial charge is 0.493 e. The summed E-state index contributed by atoms with van der Waals surface area (Å²) in [4.78, 5) is 12.5. The van der Waals surface area contributed by atoms with Crippen LogP contribution in [0, 0.1) is 11.7 Å². The fraction of sp³-hybridized carbons (Fsp3) is 0.176. The van der Waals surface area contributed by atoms with Crippen molar-refractivity contribution < 1.29 is 13.9 Å². The lowest BCUT2D eigenvalue weighted by atomic mass is 10.2. The average Bonchev–Trinajstić information content (AvgIpc) is 2.89. The Hall–Kier alpha value is -2.89. The molecule has 3 rings (SSSR count). The summed E-state index contributed by atoms with van der Waals surface area (Å²) in [5.74, 6) is -0.318. The van der Waals surface area contributed by atoms with E-state index in [-0.39, 0.29) is 18.3 Å². The molecule has 0 aliphatic rings. The molecule has 1 aromatic heterocycles. The number of aromatic nitrogens is 2. The van der Waals surface area contributed by atoms with Gasteiger partial charge in [-0.1, -0.05) is 25.1 Å². The highest BCUT2D eigenvalue weighted by atomic mass is 19.1. The highest BCUT2D eigenvalue weighted by Gasteiger charge is 2.21. The predicted octanol–water partition coefficient (Wildman–Crippen LogP) is 3.11. The number of hydrogen-bond acceptors (Lipinski definition) is 4. The Bertz CT molecular complexity index is 846. The van der Waals surface area contributed by atoms with Gasteiger partial charge in [-0.05, 0) is 24.3 Å². The molecule has 0 aliphatic carbocycles. The molecule has 0 fully saturated rings. The normalized spacial score (nSPS) is 12.3. The third-order valence-electron chi connectivity index (χ3n) is 3.55. The van der Waals surface area contributed by atoms with Crippen molar-refractivity contribution in [2.24, 2.45) is 5.92 Å². The number of anilines is 1. The van der Waals surface area contributed by atoms with Crippen molar-refractivity contribution >= 4 is 22.6 Å². The van der Waals surface area contributed by atoms with Gasteiger partial charge in [-0.25, -0.2) is 4.39 Å². The van der Waals surface area contributed by atoms with E-state index in [1.165, 1.54) is 18.2 Å². The van der Waals surface area contributed by atoms with Crippen LogP contribution in [0.5, 0.6) is 5.75 Å². The minimum Gasteiger partial charge on any atom is -0.493 e. The number of nitrogens with zero attached hydrogens (tertiary/aromatic N) is 2. The van der Waals surface area contributed by atoms with Crippen LogP contribution in [-0.2, 0) is 0 Å². The van der Waals surface area contributed by atoms with Crippen molar-refractivity contribution in [2.75, 3.05) is 12.3 Å². The van der Waals surface area contributed by atoms with Crippen LogP contribution in [0.3, 0.4) is 0 Å². The molecule has 23 heavy (non-hydrogen) atoms. The first-order valence-corrected chi connectivity index (χ1v) is 7.22. The fourth-order valence-corrected chi connectivity index (χ4v) is 2.30. The first kappa shape index (κ1) is 15.0. The van der Waals surface area contributed by atoms with Crippen LogP contribution < -0.4 is 10.5 Å². The number of ether oxygens (including phenoxy) is 1. The first-order chi connectivity index (χ1) is 11.1. The van der Waals surface area contributed by atoms with Gasteiger partial charge in [-0.2, -0.15) is 4.68 Å². The highest BCUT2D eigenvalue weighted by molar-refractivity contribution is 5.97. The lowest BCUT2D eigenvalue weighted by Gasteiger charge is -2.12. The lowest BCUT2D eigenvalue weighted by Crippen LogP contribution is -2.25. The molecule has 0 spiro atoms. The number of nitrogen functional groups attached to an aromatic ring is 1. The molecule has 0 radical (unpaired) electrons. The molecule has 0 aliphatic heterocycles. The molecule has 1 heterocycles. The van der Waals surface area contributed by atoms with Gasteiger partial charge in [0.05, 0.1) is 18.0 Å². The second-order valence-electron chi connectivity index (χ2n) is 5.32. The molecule has 6 heteroatoms. The Balaban J connectivity index is 1.81. The summed E-state index contributed by atoms with van der Waals surface area (Å²) >= 11 is 0. The summed E-state index contributed by atoms with van der Waals surface area (Å²) in [6.45, 7) is 1.92. The molecule has 3 aromatic rings. The number of hydrogen-bond donors (Lipinski definition) is 1. The first-order valence-electron chi connectivity index (χ1n) is 7.22. The van der Waals surface area contributed by atoms with E-state index in [1.807, 2.05) is 30.3 Å². The maximum atomic E-state index is 13.4. The molecule has 2 aromatic carbocycles. The molecule has 1 atom stereocenters. The van der Waals surface area contributed by atoms with Gasteiger partial charge in [0.25, 0.3) is 5.91 Å². The molecule has 0 saturated carbocycles. The average molecular weight is 313 g/mol. The van der Waals surface area contributed by atoms with Crippen LogP contribution in [0.1, 0.15) is 11.7 Å². The molecule has 0 unspecified atom stereocenters. The van der Waals surface area contributed by atoms with Crippen molar-refractivity contribution in [1.29, 1.82) is 0 Å². The molecule has 0 bridgehead atoms. The van der Waals surface area contributed by atoms with E-state index in [0.717, 1.165) is 4.68 Å². The quantitative estimate of drug-likeness (QED) is 0.803. The number of carbonyl (C=O) groups excluding carboxylic acids is 1. The van der Waals surface area contributed by atoms with E-state index in [2.05, 4.69) is 5.10 Å². The van der Waals surface area contributed by atoms with Crippen LogP contribution in [0.2, 0.25) is 0 Å². The zero-order chi connectivity index (χ0) is 16.4. The van der Waals surface area contributed by atoms with Crippen molar-refractivity contribution in [3.63, 3.8) is 0 Å². The van der Waals surface area contributed by atoms with Gasteiger partial charge in [-0.3, -0.25) is 4.79 Å². The molecule has 0 amide bonds. The number of nitrogens with two attached hydrogens (primary N) is 1. The second kappa shape index (κ2) is 6.08. The van der Waals surface area contributed by atoms with Crippen molar-refractivity contribution in [3.05, 3.63) is 54.3 Å². The Labute approximate surface area is 132 Å². The Kier molecular flexibility index (Phi) is 3.97. The SMILES string of the molecule is C[C@@H](COc1ccccc1)C(=O)n1nc(N)c2ccc(F)cc21. The van der Waals surface area contributed by atoms with E-state index in [1.54, 1.807) is 6.92 Å². The van der Waals surface area contributed by atoms with Crippen molar-refractivity contribution in [3.8, 4) is 5.75 Å². The summed E-state index contributed by atoms with van der Waals surface area (Å²) in [5, 5.41) is 4.58. The Morgan fingerprint density at radius 3 is 2.78 bits per heavy atom. The maximum absolute atomic E-state index is 13.4. The summed E-state index contributed by atoms with van der Waals surface area (Å²) in [6, 6.07) is 13.3. The number of carbonyl (C=O) groups is 1. The lowest BCUT2D eigenvalue weighted by molar-refractivity contribution is 0.0792.